The van der Waals surface area contributed by atoms with Crippen molar-refractivity contribution in [2.75, 3.05) is 0 Å². The first-order chi connectivity index (χ1) is 7.27. The molecule has 0 aliphatic carbocycles. The molecule has 3 nitrogen and oxygen atoms in total. The van der Waals surface area contributed by atoms with E-state index in [0.29, 0.717) is 6.54 Å². The Hall–Kier alpha value is -1.35. The van der Waals surface area contributed by atoms with Gasteiger partial charge in [-0.3, -0.25) is 0 Å². The number of fused-ring (bicyclic) bond motifs is 1. The summed E-state index contributed by atoms with van der Waals surface area (Å²) in [7, 11) is 0. The van der Waals surface area contributed by atoms with Crippen molar-refractivity contribution >= 4 is 5.65 Å². The first kappa shape index (κ1) is 10.2. The zero-order valence-electron chi connectivity index (χ0n) is 9.33. The smallest absolute Gasteiger partial charge is 0.140 e. The van der Waals surface area contributed by atoms with Crippen LogP contribution in [-0.4, -0.2) is 9.38 Å². The van der Waals surface area contributed by atoms with Gasteiger partial charge in [0.25, 0.3) is 0 Å². The Kier molecular flexibility index (Phi) is 2.73. The quantitative estimate of drug-likeness (QED) is 0.829. The van der Waals surface area contributed by atoms with Gasteiger partial charge in [-0.15, -0.1) is 0 Å². The average molecular weight is 203 g/mol. The van der Waals surface area contributed by atoms with Gasteiger partial charge in [-0.05, 0) is 25.0 Å². The third-order valence-electron chi connectivity index (χ3n) is 2.71. The lowest BCUT2D eigenvalue weighted by atomic mass is 10.2. The number of hydrogen-bond acceptors (Lipinski definition) is 2. The minimum absolute atomic E-state index is 0.556. The van der Waals surface area contributed by atoms with Crippen LogP contribution in [0.25, 0.3) is 5.65 Å². The zero-order valence-corrected chi connectivity index (χ0v) is 9.33. The molecular formula is C12H17N3. The highest BCUT2D eigenvalue weighted by atomic mass is 15.0. The van der Waals surface area contributed by atoms with Gasteiger partial charge in [-0.2, -0.15) is 0 Å². The number of hydrogen-bond donors (Lipinski definition) is 1. The maximum atomic E-state index is 5.78. The molecule has 0 atom stereocenters. The molecule has 0 radical (unpaired) electrons. The minimum atomic E-state index is 0.556. The summed E-state index contributed by atoms with van der Waals surface area (Å²) >= 11 is 0. The molecular weight excluding hydrogens is 186 g/mol. The Morgan fingerprint density at radius 3 is 2.93 bits per heavy atom. The fraction of sp³-hybridized carbons (Fsp3) is 0.417. The summed E-state index contributed by atoms with van der Waals surface area (Å²) < 4.78 is 2.11. The molecule has 2 aromatic heterocycles. The summed E-state index contributed by atoms with van der Waals surface area (Å²) in [6, 6.07) is 4.12. The van der Waals surface area contributed by atoms with E-state index < -0.39 is 0 Å². The van der Waals surface area contributed by atoms with Gasteiger partial charge in [0.2, 0.25) is 0 Å². The second kappa shape index (κ2) is 4.03. The number of aryl methyl sites for hydroxylation is 2. The summed E-state index contributed by atoms with van der Waals surface area (Å²) in [6.45, 7) is 4.80. The van der Waals surface area contributed by atoms with Crippen molar-refractivity contribution in [3.8, 4) is 0 Å². The van der Waals surface area contributed by atoms with Crippen molar-refractivity contribution in [3.05, 3.63) is 35.3 Å². The molecule has 0 unspecified atom stereocenters. The normalized spacial score (nSPS) is 11.1. The zero-order chi connectivity index (χ0) is 10.8. The molecule has 0 aliphatic rings. The predicted molar refractivity (Wildman–Crippen MR) is 61.8 cm³/mol. The monoisotopic (exact) mass is 203 g/mol. The van der Waals surface area contributed by atoms with Crippen LogP contribution in [0.3, 0.4) is 0 Å². The molecule has 0 aliphatic heterocycles. The maximum Gasteiger partial charge on any atom is 0.140 e. The van der Waals surface area contributed by atoms with E-state index >= 15 is 0 Å². The number of nitrogens with two attached hydrogens (primary N) is 1. The van der Waals surface area contributed by atoms with Crippen LogP contribution in [-0.2, 0) is 13.0 Å². The van der Waals surface area contributed by atoms with Gasteiger partial charge in [0.05, 0.1) is 11.4 Å². The van der Waals surface area contributed by atoms with Crippen LogP contribution in [0.1, 0.15) is 30.3 Å². The van der Waals surface area contributed by atoms with Crippen molar-refractivity contribution < 1.29 is 0 Å². The Bertz CT molecular complexity index is 471. The summed E-state index contributed by atoms with van der Waals surface area (Å²) in [5.41, 5.74) is 10.3. The molecule has 0 fully saturated rings. The molecule has 2 rings (SSSR count). The van der Waals surface area contributed by atoms with Crippen molar-refractivity contribution in [3.63, 3.8) is 0 Å². The van der Waals surface area contributed by atoms with E-state index in [1.54, 1.807) is 0 Å². The maximum absolute atomic E-state index is 5.78. The third kappa shape index (κ3) is 1.63. The highest BCUT2D eigenvalue weighted by Crippen LogP contribution is 2.16. The second-order valence-corrected chi connectivity index (χ2v) is 3.84. The fourth-order valence-electron chi connectivity index (χ4n) is 1.95. The number of nitrogens with zero attached hydrogens (tertiary/aromatic N) is 2. The van der Waals surface area contributed by atoms with Gasteiger partial charge >= 0.3 is 0 Å². The van der Waals surface area contributed by atoms with E-state index in [-0.39, 0.29) is 0 Å². The molecule has 3 heteroatoms. The van der Waals surface area contributed by atoms with Crippen molar-refractivity contribution in [1.82, 2.24) is 9.38 Å². The molecule has 0 amide bonds. The molecule has 0 saturated heterocycles. The molecule has 2 N–H and O–H groups in total. The highest BCUT2D eigenvalue weighted by Gasteiger charge is 2.10. The van der Waals surface area contributed by atoms with Crippen LogP contribution in [0.15, 0.2) is 18.3 Å². The molecule has 0 saturated carbocycles. The van der Waals surface area contributed by atoms with Crippen LogP contribution in [0, 0.1) is 6.92 Å². The Labute approximate surface area is 89.9 Å². The summed E-state index contributed by atoms with van der Waals surface area (Å²) in [6.07, 6.45) is 4.15. The van der Waals surface area contributed by atoms with Gasteiger partial charge in [0, 0.05) is 12.7 Å². The summed E-state index contributed by atoms with van der Waals surface area (Å²) in [5, 5.41) is 0. The van der Waals surface area contributed by atoms with Crippen molar-refractivity contribution in [2.45, 2.75) is 33.2 Å². The van der Waals surface area contributed by atoms with Crippen LogP contribution < -0.4 is 5.73 Å². The molecule has 80 valence electrons. The first-order valence-electron chi connectivity index (χ1n) is 5.43. The minimum Gasteiger partial charge on any atom is -0.325 e. The van der Waals surface area contributed by atoms with E-state index in [1.165, 1.54) is 5.56 Å². The lowest BCUT2D eigenvalue weighted by molar-refractivity contribution is 0.851. The van der Waals surface area contributed by atoms with Gasteiger partial charge in [-0.25, -0.2) is 4.98 Å². The number of rotatable bonds is 3. The Morgan fingerprint density at radius 2 is 2.27 bits per heavy atom. The van der Waals surface area contributed by atoms with E-state index in [4.69, 9.17) is 5.73 Å². The second-order valence-electron chi connectivity index (χ2n) is 3.84. The van der Waals surface area contributed by atoms with Crippen LogP contribution in [0.5, 0.6) is 0 Å². The summed E-state index contributed by atoms with van der Waals surface area (Å²) in [5.74, 6) is 0. The SMILES string of the molecule is CCCc1nc2c(C)cccn2c1CN. The summed E-state index contributed by atoms with van der Waals surface area (Å²) in [4.78, 5) is 4.66. The molecule has 0 spiro atoms. The van der Waals surface area contributed by atoms with Crippen molar-refractivity contribution in [2.24, 2.45) is 5.73 Å². The van der Waals surface area contributed by atoms with Crippen molar-refractivity contribution in [1.29, 1.82) is 0 Å². The van der Waals surface area contributed by atoms with Crippen LogP contribution in [0.2, 0.25) is 0 Å². The molecule has 0 bridgehead atoms. The topological polar surface area (TPSA) is 43.3 Å². The molecule has 2 aromatic rings. The Morgan fingerprint density at radius 1 is 1.47 bits per heavy atom. The van der Waals surface area contributed by atoms with Gasteiger partial charge in [0.15, 0.2) is 0 Å². The molecule has 15 heavy (non-hydrogen) atoms. The largest absolute Gasteiger partial charge is 0.325 e. The fourth-order valence-corrected chi connectivity index (χ4v) is 1.95. The van der Waals surface area contributed by atoms with E-state index in [1.807, 2.05) is 12.3 Å². The van der Waals surface area contributed by atoms with Crippen LogP contribution >= 0.6 is 0 Å². The molecule has 2 heterocycles. The van der Waals surface area contributed by atoms with E-state index in [2.05, 4.69) is 29.3 Å². The van der Waals surface area contributed by atoms with E-state index in [0.717, 1.165) is 29.9 Å². The number of aromatic nitrogens is 2. The lowest BCUT2D eigenvalue weighted by Gasteiger charge is -2.01. The number of pyridine rings is 1. The number of imidazole rings is 1. The van der Waals surface area contributed by atoms with Crippen LogP contribution in [0.4, 0.5) is 0 Å². The highest BCUT2D eigenvalue weighted by molar-refractivity contribution is 5.50. The predicted octanol–water partition coefficient (Wildman–Crippen LogP) is 2.05. The van der Waals surface area contributed by atoms with Gasteiger partial charge in [-0.1, -0.05) is 19.4 Å². The Balaban J connectivity index is 2.67. The standard InChI is InChI=1S/C12H17N3/c1-3-5-10-11(8-13)15-7-4-6-9(2)12(15)14-10/h4,6-7H,3,5,8,13H2,1-2H3. The first-order valence-corrected chi connectivity index (χ1v) is 5.43. The third-order valence-corrected chi connectivity index (χ3v) is 2.71. The lowest BCUT2D eigenvalue weighted by Crippen LogP contribution is -2.04. The van der Waals surface area contributed by atoms with E-state index in [9.17, 15) is 0 Å². The van der Waals surface area contributed by atoms with Gasteiger partial charge < -0.3 is 10.1 Å². The van der Waals surface area contributed by atoms with Gasteiger partial charge in [0.1, 0.15) is 5.65 Å². The molecule has 0 aromatic carbocycles. The average Bonchev–Trinajstić information content (AvgIpc) is 2.58.